The van der Waals surface area contributed by atoms with Crippen LogP contribution < -0.4 is 4.74 Å². The first-order valence-corrected chi connectivity index (χ1v) is 8.23. The normalized spacial score (nSPS) is 10.9. The molecule has 0 aliphatic heterocycles. The molecule has 0 spiro atoms. The molecule has 3 aromatic rings. The van der Waals surface area contributed by atoms with Gasteiger partial charge in [0, 0.05) is 24.0 Å². The van der Waals surface area contributed by atoms with Crippen molar-refractivity contribution in [3.8, 4) is 5.75 Å². The van der Waals surface area contributed by atoms with Gasteiger partial charge in [-0.25, -0.2) is 4.39 Å². The highest BCUT2D eigenvalue weighted by Crippen LogP contribution is 2.21. The number of halogens is 1. The fourth-order valence-corrected chi connectivity index (χ4v) is 2.88. The second kappa shape index (κ2) is 6.97. The van der Waals surface area contributed by atoms with Gasteiger partial charge in [0.25, 0.3) is 5.91 Å². The van der Waals surface area contributed by atoms with E-state index in [0.29, 0.717) is 18.8 Å². The van der Waals surface area contributed by atoms with Crippen molar-refractivity contribution in [3.05, 3.63) is 65.1 Å². The van der Waals surface area contributed by atoms with E-state index in [1.807, 2.05) is 38.1 Å². The number of nitrogens with one attached hydrogen (secondary N) is 1. The first-order valence-electron chi connectivity index (χ1n) is 8.23. The molecule has 1 N–H and O–H groups in total. The summed E-state index contributed by atoms with van der Waals surface area (Å²) in [5.74, 6) is -0.332. The number of methoxy groups -OCH3 is 1. The molecule has 0 unspecified atom stereocenters. The van der Waals surface area contributed by atoms with Crippen molar-refractivity contribution in [3.63, 3.8) is 0 Å². The molecule has 0 atom stereocenters. The Labute approximate surface area is 146 Å². The van der Waals surface area contributed by atoms with Gasteiger partial charge in [0.15, 0.2) is 11.6 Å². The predicted octanol–water partition coefficient (Wildman–Crippen LogP) is 4.29. The molecular formula is C20H21FN2O2. The largest absolute Gasteiger partial charge is 0.494 e. The molecule has 130 valence electrons. The van der Waals surface area contributed by atoms with Crippen LogP contribution in [0.1, 0.15) is 28.5 Å². The van der Waals surface area contributed by atoms with E-state index in [9.17, 15) is 9.18 Å². The number of hydrogen-bond acceptors (Lipinski definition) is 2. The number of benzene rings is 2. The summed E-state index contributed by atoms with van der Waals surface area (Å²) < 4.78 is 18.8. The van der Waals surface area contributed by atoms with Crippen LogP contribution >= 0.6 is 0 Å². The Bertz CT molecular complexity index is 917. The highest BCUT2D eigenvalue weighted by atomic mass is 19.1. The van der Waals surface area contributed by atoms with E-state index in [4.69, 9.17) is 4.74 Å². The SMILES string of the molecule is CCN(Cc1ccc(OC)c(F)c1)C(=O)c1cc2ccc(C)cc2[nH]1. The lowest BCUT2D eigenvalue weighted by Crippen LogP contribution is -2.30. The summed E-state index contributed by atoms with van der Waals surface area (Å²) in [4.78, 5) is 17.7. The minimum absolute atomic E-state index is 0.104. The van der Waals surface area contributed by atoms with Crippen molar-refractivity contribution in [2.24, 2.45) is 0 Å². The van der Waals surface area contributed by atoms with E-state index in [0.717, 1.165) is 22.0 Å². The summed E-state index contributed by atoms with van der Waals surface area (Å²) in [6.07, 6.45) is 0. The van der Waals surface area contributed by atoms with Crippen LogP contribution in [-0.2, 0) is 6.54 Å². The lowest BCUT2D eigenvalue weighted by Gasteiger charge is -2.20. The van der Waals surface area contributed by atoms with Crippen LogP contribution in [0.15, 0.2) is 42.5 Å². The molecule has 25 heavy (non-hydrogen) atoms. The third-order valence-electron chi connectivity index (χ3n) is 4.27. The lowest BCUT2D eigenvalue weighted by atomic mass is 10.1. The van der Waals surface area contributed by atoms with Crippen molar-refractivity contribution in [2.75, 3.05) is 13.7 Å². The number of amides is 1. The summed E-state index contributed by atoms with van der Waals surface area (Å²) in [7, 11) is 1.43. The topological polar surface area (TPSA) is 45.3 Å². The van der Waals surface area contributed by atoms with Crippen molar-refractivity contribution in [1.82, 2.24) is 9.88 Å². The van der Waals surface area contributed by atoms with Crippen molar-refractivity contribution in [1.29, 1.82) is 0 Å². The number of aromatic nitrogens is 1. The van der Waals surface area contributed by atoms with Crippen LogP contribution in [0.3, 0.4) is 0 Å². The average Bonchev–Trinajstić information content (AvgIpc) is 3.02. The fourth-order valence-electron chi connectivity index (χ4n) is 2.88. The average molecular weight is 340 g/mol. The number of rotatable bonds is 5. The molecule has 1 amide bonds. The van der Waals surface area contributed by atoms with Crippen LogP contribution in [0, 0.1) is 12.7 Å². The number of nitrogens with zero attached hydrogens (tertiary/aromatic N) is 1. The van der Waals surface area contributed by atoms with E-state index in [1.54, 1.807) is 17.0 Å². The third kappa shape index (κ3) is 3.50. The first-order chi connectivity index (χ1) is 12.0. The number of hydrogen-bond donors (Lipinski definition) is 1. The Hall–Kier alpha value is -2.82. The van der Waals surface area contributed by atoms with Gasteiger partial charge in [-0.15, -0.1) is 0 Å². The van der Waals surface area contributed by atoms with Crippen LogP contribution in [0.5, 0.6) is 5.75 Å². The van der Waals surface area contributed by atoms with Gasteiger partial charge < -0.3 is 14.6 Å². The molecule has 1 heterocycles. The van der Waals surface area contributed by atoms with Gasteiger partial charge >= 0.3 is 0 Å². The van der Waals surface area contributed by atoms with Crippen molar-refractivity contribution < 1.29 is 13.9 Å². The van der Waals surface area contributed by atoms with E-state index in [1.165, 1.54) is 13.2 Å². The van der Waals surface area contributed by atoms with Gasteiger partial charge in [-0.2, -0.15) is 0 Å². The van der Waals surface area contributed by atoms with Crippen LogP contribution in [-0.4, -0.2) is 29.4 Å². The van der Waals surface area contributed by atoms with Gasteiger partial charge in [-0.3, -0.25) is 4.79 Å². The number of aromatic amines is 1. The maximum atomic E-state index is 13.9. The molecule has 0 fully saturated rings. The van der Waals surface area contributed by atoms with Gasteiger partial charge in [-0.05, 0) is 49.2 Å². The van der Waals surface area contributed by atoms with E-state index >= 15 is 0 Å². The second-order valence-electron chi connectivity index (χ2n) is 6.06. The number of carbonyl (C=O) groups is 1. The predicted molar refractivity (Wildman–Crippen MR) is 96.4 cm³/mol. The Morgan fingerprint density at radius 2 is 2.00 bits per heavy atom. The molecule has 0 radical (unpaired) electrons. The quantitative estimate of drug-likeness (QED) is 0.753. The third-order valence-corrected chi connectivity index (χ3v) is 4.27. The molecule has 0 bridgehead atoms. The smallest absolute Gasteiger partial charge is 0.270 e. The zero-order chi connectivity index (χ0) is 18.0. The minimum atomic E-state index is -0.426. The fraction of sp³-hybridized carbons (Fsp3) is 0.250. The number of H-pyrrole nitrogens is 1. The Balaban J connectivity index is 1.83. The summed E-state index contributed by atoms with van der Waals surface area (Å²) in [5, 5.41) is 1.00. The van der Waals surface area contributed by atoms with E-state index in [-0.39, 0.29) is 11.7 Å². The number of fused-ring (bicyclic) bond motifs is 1. The minimum Gasteiger partial charge on any atom is -0.494 e. The Kier molecular flexibility index (Phi) is 4.74. The maximum Gasteiger partial charge on any atom is 0.270 e. The molecule has 5 heteroatoms. The van der Waals surface area contributed by atoms with E-state index in [2.05, 4.69) is 4.98 Å². The van der Waals surface area contributed by atoms with Crippen LogP contribution in [0.25, 0.3) is 10.9 Å². The molecular weight excluding hydrogens is 319 g/mol. The van der Waals surface area contributed by atoms with Gasteiger partial charge in [0.1, 0.15) is 5.69 Å². The highest BCUT2D eigenvalue weighted by Gasteiger charge is 2.17. The lowest BCUT2D eigenvalue weighted by molar-refractivity contribution is 0.0747. The zero-order valence-corrected chi connectivity index (χ0v) is 14.6. The van der Waals surface area contributed by atoms with Gasteiger partial charge in [-0.1, -0.05) is 18.2 Å². The van der Waals surface area contributed by atoms with Crippen molar-refractivity contribution >= 4 is 16.8 Å². The monoisotopic (exact) mass is 340 g/mol. The summed E-state index contributed by atoms with van der Waals surface area (Å²) >= 11 is 0. The van der Waals surface area contributed by atoms with Crippen molar-refractivity contribution in [2.45, 2.75) is 20.4 Å². The number of carbonyl (C=O) groups excluding carboxylic acids is 1. The van der Waals surface area contributed by atoms with E-state index < -0.39 is 5.82 Å². The van der Waals surface area contributed by atoms with Crippen LogP contribution in [0.4, 0.5) is 4.39 Å². The molecule has 4 nitrogen and oxygen atoms in total. The molecule has 0 aliphatic rings. The molecule has 0 saturated heterocycles. The summed E-state index contributed by atoms with van der Waals surface area (Å²) in [5.41, 5.74) is 3.33. The van der Waals surface area contributed by atoms with Gasteiger partial charge in [0.05, 0.1) is 7.11 Å². The molecule has 0 aliphatic carbocycles. The molecule has 2 aromatic carbocycles. The maximum absolute atomic E-state index is 13.9. The highest BCUT2D eigenvalue weighted by molar-refractivity contribution is 5.98. The molecule has 1 aromatic heterocycles. The first kappa shape index (κ1) is 17.0. The number of aryl methyl sites for hydroxylation is 1. The van der Waals surface area contributed by atoms with Crippen LogP contribution in [0.2, 0.25) is 0 Å². The number of ether oxygens (including phenoxy) is 1. The second-order valence-corrected chi connectivity index (χ2v) is 6.06. The standard InChI is InChI=1S/C20H21FN2O2/c1-4-23(12-14-6-8-19(25-3)16(21)10-14)20(24)18-11-15-7-5-13(2)9-17(15)22-18/h5-11,22H,4,12H2,1-3H3. The molecule has 3 rings (SSSR count). The Morgan fingerprint density at radius 1 is 1.20 bits per heavy atom. The Morgan fingerprint density at radius 3 is 2.68 bits per heavy atom. The van der Waals surface area contributed by atoms with Gasteiger partial charge in [0.2, 0.25) is 0 Å². The summed E-state index contributed by atoms with van der Waals surface area (Å²) in [6.45, 7) is 4.79. The molecule has 0 saturated carbocycles. The summed E-state index contributed by atoms with van der Waals surface area (Å²) in [6, 6.07) is 12.6. The zero-order valence-electron chi connectivity index (χ0n) is 14.6.